The molecule has 1 atom stereocenters. The molecule has 0 fully saturated rings. The fraction of sp³-hybridized carbons (Fsp3) is 0.750. The van der Waals surface area contributed by atoms with Crippen molar-refractivity contribution in [3.8, 4) is 0 Å². The fourth-order valence-corrected chi connectivity index (χ4v) is 0.568. The highest BCUT2D eigenvalue weighted by molar-refractivity contribution is 7.84. The van der Waals surface area contributed by atoms with Crippen molar-refractivity contribution in [3.05, 3.63) is 0 Å². The minimum Gasteiger partial charge on any atom is -0.260 e. The van der Waals surface area contributed by atoms with Gasteiger partial charge in [-0.05, 0) is 0 Å². The first-order valence-electron chi connectivity index (χ1n) is 2.11. The van der Waals surface area contributed by atoms with Crippen LogP contribution in [-0.2, 0) is 15.6 Å². The molecule has 0 N–H and O–H groups in total. The van der Waals surface area contributed by atoms with Crippen molar-refractivity contribution in [2.45, 2.75) is 0 Å². The molecule has 0 aliphatic heterocycles. The highest BCUT2D eigenvalue weighted by atomic mass is 32.2. The predicted molar refractivity (Wildman–Crippen MR) is 31.9 cm³/mol. The summed E-state index contributed by atoms with van der Waals surface area (Å²) in [5, 5.41) is 0. The molecule has 0 saturated carbocycles. The van der Waals surface area contributed by atoms with Gasteiger partial charge in [-0.3, -0.25) is 4.21 Å². The zero-order valence-electron chi connectivity index (χ0n) is 4.59. The first-order valence-corrected chi connectivity index (χ1v) is 3.83. The van der Waals surface area contributed by atoms with Crippen LogP contribution in [0.4, 0.5) is 0 Å². The van der Waals surface area contributed by atoms with E-state index in [9.17, 15) is 9.00 Å². The Bertz CT molecular complexity index is 126. The molecule has 0 heterocycles. The van der Waals surface area contributed by atoms with E-state index in [-0.39, 0.29) is 0 Å². The maximum absolute atomic E-state index is 10.2. The Kier molecular flexibility index (Phi) is 4.41. The van der Waals surface area contributed by atoms with Gasteiger partial charge in [0.05, 0.1) is 6.54 Å². The summed E-state index contributed by atoms with van der Waals surface area (Å²) < 4.78 is 10.2. The van der Waals surface area contributed by atoms with Gasteiger partial charge in [0.15, 0.2) is 0 Å². The first-order chi connectivity index (χ1) is 3.77. The molecule has 0 rings (SSSR count). The molecule has 0 radical (unpaired) electrons. The molecule has 0 bridgehead atoms. The summed E-state index contributed by atoms with van der Waals surface area (Å²) >= 11 is 0. The van der Waals surface area contributed by atoms with E-state index in [2.05, 4.69) is 4.99 Å². The van der Waals surface area contributed by atoms with Crippen LogP contribution >= 0.6 is 0 Å². The summed E-state index contributed by atoms with van der Waals surface area (Å²) in [7, 11) is -0.840. The maximum atomic E-state index is 10.2. The Labute approximate surface area is 50.3 Å². The van der Waals surface area contributed by atoms with Gasteiger partial charge in [0.2, 0.25) is 6.08 Å². The van der Waals surface area contributed by atoms with E-state index in [1.54, 1.807) is 6.26 Å². The Balaban J connectivity index is 3.18. The van der Waals surface area contributed by atoms with Crippen molar-refractivity contribution in [2.24, 2.45) is 4.99 Å². The third-order valence-electron chi connectivity index (χ3n) is 0.555. The zero-order valence-corrected chi connectivity index (χ0v) is 5.40. The van der Waals surface area contributed by atoms with Crippen LogP contribution in [0.2, 0.25) is 0 Å². The molecule has 0 aromatic heterocycles. The molecule has 0 spiro atoms. The van der Waals surface area contributed by atoms with E-state index in [4.69, 9.17) is 0 Å². The van der Waals surface area contributed by atoms with Crippen LogP contribution in [0.25, 0.3) is 0 Å². The molecular formula is C4H7NO2S. The molecule has 46 valence electrons. The smallest absolute Gasteiger partial charge is 0.234 e. The number of aliphatic imine (C=N–C) groups is 1. The normalized spacial score (nSPS) is 12.1. The second-order valence-corrected chi connectivity index (χ2v) is 2.80. The molecule has 4 heteroatoms. The second kappa shape index (κ2) is 4.68. The highest BCUT2D eigenvalue weighted by Gasteiger charge is 1.85. The van der Waals surface area contributed by atoms with Gasteiger partial charge in [0.1, 0.15) is 0 Å². The molecule has 8 heavy (non-hydrogen) atoms. The molecule has 3 nitrogen and oxygen atoms in total. The van der Waals surface area contributed by atoms with Crippen molar-refractivity contribution in [1.82, 2.24) is 0 Å². The van der Waals surface area contributed by atoms with Gasteiger partial charge in [0, 0.05) is 22.8 Å². The average Bonchev–Trinajstić information content (AvgIpc) is 1.66. The van der Waals surface area contributed by atoms with Gasteiger partial charge < -0.3 is 0 Å². The number of isocyanates is 1. The minimum absolute atomic E-state index is 0.326. The molecule has 0 aromatic rings. The number of rotatable bonds is 3. The van der Waals surface area contributed by atoms with Gasteiger partial charge >= 0.3 is 0 Å². The Morgan fingerprint density at radius 2 is 2.38 bits per heavy atom. The van der Waals surface area contributed by atoms with Gasteiger partial charge in [-0.15, -0.1) is 0 Å². The molecule has 0 aliphatic carbocycles. The number of nitrogens with zero attached hydrogens (tertiary/aromatic N) is 1. The topological polar surface area (TPSA) is 46.5 Å². The number of carbonyl (C=O) groups excluding carboxylic acids is 1. The van der Waals surface area contributed by atoms with E-state index >= 15 is 0 Å². The average molecular weight is 133 g/mol. The van der Waals surface area contributed by atoms with E-state index in [0.717, 1.165) is 0 Å². The summed E-state index contributed by atoms with van der Waals surface area (Å²) in [6.45, 7) is 0.326. The standard InChI is InChI=1S/C4H7NO2S/c1-8(7)3-2-5-4-6/h2-3H2,1H3. The minimum atomic E-state index is -0.840. The van der Waals surface area contributed by atoms with Gasteiger partial charge in [0.25, 0.3) is 0 Å². The lowest BCUT2D eigenvalue weighted by Crippen LogP contribution is -1.96. The van der Waals surface area contributed by atoms with Crippen LogP contribution in [0.5, 0.6) is 0 Å². The quantitative estimate of drug-likeness (QED) is 0.392. The van der Waals surface area contributed by atoms with E-state index in [1.807, 2.05) is 0 Å². The van der Waals surface area contributed by atoms with E-state index in [0.29, 0.717) is 12.3 Å². The van der Waals surface area contributed by atoms with Crippen molar-refractivity contribution < 1.29 is 9.00 Å². The van der Waals surface area contributed by atoms with Crippen LogP contribution in [0.1, 0.15) is 0 Å². The van der Waals surface area contributed by atoms with Crippen LogP contribution < -0.4 is 0 Å². The molecule has 0 aromatic carbocycles. The molecule has 0 saturated heterocycles. The van der Waals surface area contributed by atoms with Gasteiger partial charge in [-0.1, -0.05) is 0 Å². The second-order valence-electron chi connectivity index (χ2n) is 1.25. The SMILES string of the molecule is CS(=O)CCN=C=O. The molecule has 0 amide bonds. The molecule has 1 unspecified atom stereocenters. The third kappa shape index (κ3) is 5.53. The Morgan fingerprint density at radius 3 is 2.75 bits per heavy atom. The van der Waals surface area contributed by atoms with Crippen LogP contribution in [-0.4, -0.2) is 28.8 Å². The largest absolute Gasteiger partial charge is 0.260 e. The van der Waals surface area contributed by atoms with Crippen molar-refractivity contribution in [1.29, 1.82) is 0 Å². The third-order valence-corrected chi connectivity index (χ3v) is 1.31. The highest BCUT2D eigenvalue weighted by Crippen LogP contribution is 1.73. The van der Waals surface area contributed by atoms with Gasteiger partial charge in [-0.25, -0.2) is 9.79 Å². The maximum Gasteiger partial charge on any atom is 0.234 e. The Hall–Kier alpha value is -0.470. The van der Waals surface area contributed by atoms with Gasteiger partial charge in [-0.2, -0.15) is 0 Å². The summed E-state index contributed by atoms with van der Waals surface area (Å²) in [6.07, 6.45) is 2.93. The number of hydrogen-bond acceptors (Lipinski definition) is 3. The predicted octanol–water partition coefficient (Wildman–Crippen LogP) is -0.299. The van der Waals surface area contributed by atoms with Crippen LogP contribution in [0.3, 0.4) is 0 Å². The van der Waals surface area contributed by atoms with Crippen LogP contribution in [0.15, 0.2) is 4.99 Å². The van der Waals surface area contributed by atoms with E-state index < -0.39 is 10.8 Å². The lowest BCUT2D eigenvalue weighted by molar-refractivity contribution is 0.563. The summed E-state index contributed by atoms with van der Waals surface area (Å²) in [6, 6.07) is 0. The Morgan fingerprint density at radius 1 is 1.75 bits per heavy atom. The van der Waals surface area contributed by atoms with Crippen molar-refractivity contribution in [3.63, 3.8) is 0 Å². The molecular weight excluding hydrogens is 126 g/mol. The lowest BCUT2D eigenvalue weighted by Gasteiger charge is -1.83. The van der Waals surface area contributed by atoms with E-state index in [1.165, 1.54) is 6.08 Å². The fourth-order valence-electron chi connectivity index (χ4n) is 0.220. The lowest BCUT2D eigenvalue weighted by atomic mass is 10.8. The monoisotopic (exact) mass is 133 g/mol. The zero-order chi connectivity index (χ0) is 6.41. The summed E-state index contributed by atoms with van der Waals surface area (Å²) in [5.41, 5.74) is 0. The molecule has 0 aliphatic rings. The summed E-state index contributed by atoms with van der Waals surface area (Å²) in [5.74, 6) is 0.454. The van der Waals surface area contributed by atoms with Crippen molar-refractivity contribution in [2.75, 3.05) is 18.6 Å². The summed E-state index contributed by atoms with van der Waals surface area (Å²) in [4.78, 5) is 12.6. The first kappa shape index (κ1) is 7.53. The van der Waals surface area contributed by atoms with Crippen LogP contribution in [0, 0.1) is 0 Å². The van der Waals surface area contributed by atoms with Crippen molar-refractivity contribution >= 4 is 16.9 Å². The number of hydrogen-bond donors (Lipinski definition) is 0.